The largest absolute Gasteiger partial charge is 0.309 e. The van der Waals surface area contributed by atoms with Gasteiger partial charge in [0.1, 0.15) is 0 Å². The van der Waals surface area contributed by atoms with Crippen LogP contribution in [0.15, 0.2) is 6.20 Å². The van der Waals surface area contributed by atoms with Crippen molar-refractivity contribution in [2.75, 3.05) is 11.5 Å². The summed E-state index contributed by atoms with van der Waals surface area (Å²) in [7, 11) is 1.89. The standard InChI is InChI=1S/C10H20N4S/c1-4-15-6-5-9(2)11-7-10-8-14(3)13-12-10/h8-9,11H,4-7H2,1-3H3. The second-order valence-corrected chi connectivity index (χ2v) is 5.04. The van der Waals surface area contributed by atoms with E-state index in [9.17, 15) is 0 Å². The van der Waals surface area contributed by atoms with Crippen molar-refractivity contribution in [3.63, 3.8) is 0 Å². The van der Waals surface area contributed by atoms with Crippen LogP contribution in [-0.2, 0) is 13.6 Å². The Hall–Kier alpha value is -0.550. The molecule has 0 aliphatic carbocycles. The van der Waals surface area contributed by atoms with Gasteiger partial charge in [-0.2, -0.15) is 11.8 Å². The number of aryl methyl sites for hydroxylation is 1. The first-order valence-electron chi connectivity index (χ1n) is 5.38. The van der Waals surface area contributed by atoms with Gasteiger partial charge in [0.25, 0.3) is 0 Å². The van der Waals surface area contributed by atoms with Crippen LogP contribution >= 0.6 is 11.8 Å². The Labute approximate surface area is 95.8 Å². The molecule has 0 spiro atoms. The fourth-order valence-corrected chi connectivity index (χ4v) is 2.07. The highest BCUT2D eigenvalue weighted by atomic mass is 32.2. The number of nitrogens with zero attached hydrogens (tertiary/aromatic N) is 3. The number of hydrogen-bond acceptors (Lipinski definition) is 4. The second kappa shape index (κ2) is 6.85. The lowest BCUT2D eigenvalue weighted by Crippen LogP contribution is -2.26. The molecule has 1 rings (SSSR count). The second-order valence-electron chi connectivity index (χ2n) is 3.65. The van der Waals surface area contributed by atoms with Crippen molar-refractivity contribution in [3.8, 4) is 0 Å². The molecule has 0 aliphatic rings. The van der Waals surface area contributed by atoms with Crippen LogP contribution in [0.4, 0.5) is 0 Å². The van der Waals surface area contributed by atoms with Crippen molar-refractivity contribution < 1.29 is 0 Å². The maximum atomic E-state index is 4.03. The average Bonchev–Trinajstić information content (AvgIpc) is 2.62. The molecule has 1 unspecified atom stereocenters. The molecule has 5 heteroatoms. The molecule has 0 saturated carbocycles. The van der Waals surface area contributed by atoms with Crippen LogP contribution in [0.3, 0.4) is 0 Å². The molecule has 1 aromatic heterocycles. The minimum atomic E-state index is 0.547. The first-order valence-corrected chi connectivity index (χ1v) is 6.54. The number of thioether (sulfide) groups is 1. The Morgan fingerprint density at radius 3 is 3.00 bits per heavy atom. The molecule has 1 N–H and O–H groups in total. The van der Waals surface area contributed by atoms with Crippen LogP contribution in [-0.4, -0.2) is 32.5 Å². The lowest BCUT2D eigenvalue weighted by Gasteiger charge is -2.11. The summed E-state index contributed by atoms with van der Waals surface area (Å²) in [5, 5.41) is 11.4. The first kappa shape index (κ1) is 12.5. The van der Waals surface area contributed by atoms with Crippen molar-refractivity contribution in [1.29, 1.82) is 0 Å². The Morgan fingerprint density at radius 2 is 2.40 bits per heavy atom. The highest BCUT2D eigenvalue weighted by molar-refractivity contribution is 7.99. The van der Waals surface area contributed by atoms with Gasteiger partial charge >= 0.3 is 0 Å². The predicted molar refractivity (Wildman–Crippen MR) is 64.9 cm³/mol. The topological polar surface area (TPSA) is 42.7 Å². The molecule has 15 heavy (non-hydrogen) atoms. The van der Waals surface area contributed by atoms with E-state index >= 15 is 0 Å². The van der Waals surface area contributed by atoms with E-state index in [1.807, 2.05) is 25.0 Å². The Morgan fingerprint density at radius 1 is 1.60 bits per heavy atom. The van der Waals surface area contributed by atoms with Crippen LogP contribution in [0.5, 0.6) is 0 Å². The molecule has 4 nitrogen and oxygen atoms in total. The normalized spacial score (nSPS) is 13.0. The molecular weight excluding hydrogens is 208 g/mol. The smallest absolute Gasteiger partial charge is 0.0964 e. The van der Waals surface area contributed by atoms with E-state index in [1.165, 1.54) is 17.9 Å². The summed E-state index contributed by atoms with van der Waals surface area (Å²) in [6.07, 6.45) is 3.15. The van der Waals surface area contributed by atoms with Crippen molar-refractivity contribution in [2.45, 2.75) is 32.9 Å². The third-order valence-corrected chi connectivity index (χ3v) is 3.11. The van der Waals surface area contributed by atoms with E-state index in [2.05, 4.69) is 29.5 Å². The first-order chi connectivity index (χ1) is 7.22. The molecule has 0 aliphatic heterocycles. The van der Waals surface area contributed by atoms with Gasteiger partial charge in [-0.15, -0.1) is 5.10 Å². The zero-order valence-corrected chi connectivity index (χ0v) is 10.5. The Kier molecular flexibility index (Phi) is 5.71. The highest BCUT2D eigenvalue weighted by Crippen LogP contribution is 2.04. The molecule has 86 valence electrons. The zero-order valence-electron chi connectivity index (χ0n) is 9.73. The van der Waals surface area contributed by atoms with Crippen molar-refractivity contribution in [2.24, 2.45) is 7.05 Å². The fraction of sp³-hybridized carbons (Fsp3) is 0.800. The molecule has 1 atom stereocenters. The van der Waals surface area contributed by atoms with Gasteiger partial charge < -0.3 is 5.32 Å². The maximum absolute atomic E-state index is 4.03. The van der Waals surface area contributed by atoms with E-state index in [4.69, 9.17) is 0 Å². The van der Waals surface area contributed by atoms with Gasteiger partial charge in [-0.25, -0.2) is 0 Å². The molecule has 0 bridgehead atoms. The third-order valence-electron chi connectivity index (χ3n) is 2.18. The maximum Gasteiger partial charge on any atom is 0.0964 e. The van der Waals surface area contributed by atoms with Gasteiger partial charge in [0, 0.05) is 25.8 Å². The predicted octanol–water partition coefficient (Wildman–Crippen LogP) is 1.44. The van der Waals surface area contributed by atoms with Gasteiger partial charge in [0.2, 0.25) is 0 Å². The van der Waals surface area contributed by atoms with Crippen LogP contribution in [0, 0.1) is 0 Å². The van der Waals surface area contributed by atoms with Gasteiger partial charge in [0.05, 0.1) is 5.69 Å². The molecule has 1 heterocycles. The summed E-state index contributed by atoms with van der Waals surface area (Å²) < 4.78 is 1.73. The summed E-state index contributed by atoms with van der Waals surface area (Å²) in [5.74, 6) is 2.43. The number of nitrogens with one attached hydrogen (secondary N) is 1. The van der Waals surface area contributed by atoms with Crippen LogP contribution in [0.25, 0.3) is 0 Å². The molecule has 0 amide bonds. The number of aromatic nitrogens is 3. The summed E-state index contributed by atoms with van der Waals surface area (Å²) in [4.78, 5) is 0. The lowest BCUT2D eigenvalue weighted by molar-refractivity contribution is 0.532. The van der Waals surface area contributed by atoms with E-state index in [-0.39, 0.29) is 0 Å². The van der Waals surface area contributed by atoms with E-state index < -0.39 is 0 Å². The van der Waals surface area contributed by atoms with Crippen LogP contribution in [0.1, 0.15) is 26.0 Å². The third kappa shape index (κ3) is 5.18. The van der Waals surface area contributed by atoms with Gasteiger partial charge in [-0.1, -0.05) is 12.1 Å². The number of rotatable bonds is 7. The van der Waals surface area contributed by atoms with Crippen LogP contribution < -0.4 is 5.32 Å². The molecule has 1 aromatic rings. The molecule has 0 fully saturated rings. The Bertz CT molecular complexity index is 274. The van der Waals surface area contributed by atoms with Crippen molar-refractivity contribution in [3.05, 3.63) is 11.9 Å². The molecular formula is C10H20N4S. The fourth-order valence-electron chi connectivity index (χ4n) is 1.26. The summed E-state index contributed by atoms with van der Waals surface area (Å²) in [6, 6.07) is 0.547. The van der Waals surface area contributed by atoms with Gasteiger partial charge in [-0.3, -0.25) is 4.68 Å². The quantitative estimate of drug-likeness (QED) is 0.717. The molecule has 0 saturated heterocycles. The van der Waals surface area contributed by atoms with E-state index in [0.717, 1.165) is 12.2 Å². The van der Waals surface area contributed by atoms with Gasteiger partial charge in [-0.05, 0) is 24.9 Å². The minimum Gasteiger partial charge on any atom is -0.309 e. The highest BCUT2D eigenvalue weighted by Gasteiger charge is 2.03. The van der Waals surface area contributed by atoms with Gasteiger partial charge in [0.15, 0.2) is 0 Å². The average molecular weight is 228 g/mol. The van der Waals surface area contributed by atoms with Crippen molar-refractivity contribution >= 4 is 11.8 Å². The summed E-state index contributed by atoms with van der Waals surface area (Å²) in [5.41, 5.74) is 1.01. The minimum absolute atomic E-state index is 0.547. The summed E-state index contributed by atoms with van der Waals surface area (Å²) in [6.45, 7) is 5.22. The van der Waals surface area contributed by atoms with Crippen LogP contribution in [0.2, 0.25) is 0 Å². The number of hydrogen-bond donors (Lipinski definition) is 1. The van der Waals surface area contributed by atoms with E-state index in [0.29, 0.717) is 6.04 Å². The van der Waals surface area contributed by atoms with Crippen molar-refractivity contribution in [1.82, 2.24) is 20.3 Å². The monoisotopic (exact) mass is 228 g/mol. The molecule has 0 aromatic carbocycles. The zero-order chi connectivity index (χ0) is 11.1. The summed E-state index contributed by atoms with van der Waals surface area (Å²) >= 11 is 1.99. The van der Waals surface area contributed by atoms with E-state index in [1.54, 1.807) is 4.68 Å². The molecule has 0 radical (unpaired) electrons. The Balaban J connectivity index is 2.13. The SMILES string of the molecule is CCSCCC(C)NCc1cn(C)nn1. The lowest BCUT2D eigenvalue weighted by atomic mass is 10.2.